The molecule has 0 aromatic rings. The van der Waals surface area contributed by atoms with E-state index in [1.165, 1.54) is 4.90 Å². The van der Waals surface area contributed by atoms with Crippen molar-refractivity contribution in [2.45, 2.75) is 33.1 Å². The van der Waals surface area contributed by atoms with Gasteiger partial charge in [-0.3, -0.25) is 19.8 Å². The Kier molecular flexibility index (Phi) is 3.89. The summed E-state index contributed by atoms with van der Waals surface area (Å²) in [6.45, 7) is 7.32. The summed E-state index contributed by atoms with van der Waals surface area (Å²) in [5.74, 6) is -0.719. The molecule has 0 radical (unpaired) electrons. The van der Waals surface area contributed by atoms with Crippen LogP contribution in [0.15, 0.2) is 0 Å². The SMILES string of the molecule is CCN(CC)CCCN1C(=O)NC(=O)C2(CC2)C1=O. The molecule has 0 bridgehead atoms. The second kappa shape index (κ2) is 5.28. The molecule has 4 amide bonds. The van der Waals surface area contributed by atoms with Crippen molar-refractivity contribution in [1.82, 2.24) is 15.1 Å². The zero-order valence-corrected chi connectivity index (χ0v) is 11.6. The Hall–Kier alpha value is -1.43. The summed E-state index contributed by atoms with van der Waals surface area (Å²) < 4.78 is 0. The van der Waals surface area contributed by atoms with Crippen molar-refractivity contribution in [3.05, 3.63) is 0 Å². The number of urea groups is 1. The van der Waals surface area contributed by atoms with E-state index < -0.39 is 17.4 Å². The highest BCUT2D eigenvalue weighted by atomic mass is 16.2. The molecule has 2 rings (SSSR count). The fraction of sp³-hybridized carbons (Fsp3) is 0.769. The quantitative estimate of drug-likeness (QED) is 0.715. The van der Waals surface area contributed by atoms with Crippen LogP contribution in [-0.4, -0.2) is 53.8 Å². The Morgan fingerprint density at radius 1 is 1.21 bits per heavy atom. The van der Waals surface area contributed by atoms with Crippen LogP contribution in [0, 0.1) is 5.41 Å². The minimum absolute atomic E-state index is 0.305. The van der Waals surface area contributed by atoms with E-state index in [4.69, 9.17) is 0 Å². The van der Waals surface area contributed by atoms with Gasteiger partial charge in [0.2, 0.25) is 11.8 Å². The standard InChI is InChI=1S/C13H21N3O3/c1-3-15(4-2)8-5-9-16-11(18)13(6-7-13)10(17)14-12(16)19/h3-9H2,1-2H3,(H,14,17,19). The molecule has 0 aromatic heterocycles. The molecule has 1 N–H and O–H groups in total. The van der Waals surface area contributed by atoms with E-state index >= 15 is 0 Å². The smallest absolute Gasteiger partial charge is 0.304 e. The van der Waals surface area contributed by atoms with Crippen LogP contribution in [0.3, 0.4) is 0 Å². The third-order valence-corrected chi connectivity index (χ3v) is 4.06. The third kappa shape index (κ3) is 2.49. The Bertz CT molecular complexity index is 400. The van der Waals surface area contributed by atoms with Crippen molar-refractivity contribution in [3.63, 3.8) is 0 Å². The molecular weight excluding hydrogens is 246 g/mol. The predicted molar refractivity (Wildman–Crippen MR) is 69.3 cm³/mol. The molecule has 106 valence electrons. The second-order valence-electron chi connectivity index (χ2n) is 5.18. The van der Waals surface area contributed by atoms with E-state index in [1.54, 1.807) is 0 Å². The van der Waals surface area contributed by atoms with Crippen LogP contribution in [0.4, 0.5) is 4.79 Å². The number of hydrogen-bond acceptors (Lipinski definition) is 4. The first-order valence-electron chi connectivity index (χ1n) is 6.95. The molecule has 0 aromatic carbocycles. The number of carbonyl (C=O) groups excluding carboxylic acids is 3. The zero-order chi connectivity index (χ0) is 14.0. The maximum Gasteiger partial charge on any atom is 0.330 e. The van der Waals surface area contributed by atoms with Crippen molar-refractivity contribution in [2.75, 3.05) is 26.2 Å². The van der Waals surface area contributed by atoms with Gasteiger partial charge in [0, 0.05) is 6.54 Å². The molecule has 6 nitrogen and oxygen atoms in total. The lowest BCUT2D eigenvalue weighted by Crippen LogP contribution is -2.59. The highest BCUT2D eigenvalue weighted by molar-refractivity contribution is 6.20. The van der Waals surface area contributed by atoms with Crippen LogP contribution in [0.1, 0.15) is 33.1 Å². The molecule has 2 aliphatic rings. The zero-order valence-electron chi connectivity index (χ0n) is 11.6. The Balaban J connectivity index is 1.91. The maximum atomic E-state index is 12.2. The largest absolute Gasteiger partial charge is 0.330 e. The van der Waals surface area contributed by atoms with Gasteiger partial charge in [-0.2, -0.15) is 0 Å². The lowest BCUT2D eigenvalue weighted by Gasteiger charge is -2.30. The van der Waals surface area contributed by atoms with E-state index in [2.05, 4.69) is 24.1 Å². The first kappa shape index (κ1) is 14.0. The Labute approximate surface area is 113 Å². The van der Waals surface area contributed by atoms with Crippen LogP contribution >= 0.6 is 0 Å². The average molecular weight is 267 g/mol. The van der Waals surface area contributed by atoms with Crippen molar-refractivity contribution in [2.24, 2.45) is 5.41 Å². The van der Waals surface area contributed by atoms with Gasteiger partial charge in [0.15, 0.2) is 0 Å². The fourth-order valence-corrected chi connectivity index (χ4v) is 2.49. The molecular formula is C13H21N3O3. The lowest BCUT2D eigenvalue weighted by atomic mass is 10.0. The lowest BCUT2D eigenvalue weighted by molar-refractivity contribution is -0.144. The van der Waals surface area contributed by atoms with E-state index in [9.17, 15) is 14.4 Å². The van der Waals surface area contributed by atoms with Gasteiger partial charge in [-0.25, -0.2) is 4.79 Å². The van der Waals surface area contributed by atoms with Crippen molar-refractivity contribution in [1.29, 1.82) is 0 Å². The molecule has 1 saturated heterocycles. The molecule has 1 aliphatic heterocycles. The molecule has 0 atom stereocenters. The van der Waals surface area contributed by atoms with Crippen LogP contribution in [0.25, 0.3) is 0 Å². The van der Waals surface area contributed by atoms with Gasteiger partial charge in [-0.1, -0.05) is 13.8 Å². The number of rotatable bonds is 6. The number of hydrogen-bond donors (Lipinski definition) is 1. The summed E-state index contributed by atoms with van der Waals surface area (Å²) in [7, 11) is 0. The van der Waals surface area contributed by atoms with E-state index in [0.29, 0.717) is 19.4 Å². The monoisotopic (exact) mass is 267 g/mol. The number of imide groups is 2. The minimum atomic E-state index is -0.914. The van der Waals surface area contributed by atoms with Crippen LogP contribution in [-0.2, 0) is 9.59 Å². The molecule has 19 heavy (non-hydrogen) atoms. The summed E-state index contributed by atoms with van der Waals surface area (Å²) >= 11 is 0. The molecule has 1 heterocycles. The number of carbonyl (C=O) groups is 3. The number of nitrogens with one attached hydrogen (secondary N) is 1. The van der Waals surface area contributed by atoms with Gasteiger partial charge in [-0.15, -0.1) is 0 Å². The highest BCUT2D eigenvalue weighted by Crippen LogP contribution is 2.48. The summed E-state index contributed by atoms with van der Waals surface area (Å²) in [5, 5.41) is 2.29. The van der Waals surface area contributed by atoms with Gasteiger partial charge in [0.05, 0.1) is 0 Å². The van der Waals surface area contributed by atoms with E-state index in [0.717, 1.165) is 26.1 Å². The summed E-state index contributed by atoms with van der Waals surface area (Å²) in [5.41, 5.74) is -0.914. The van der Waals surface area contributed by atoms with Gasteiger partial charge < -0.3 is 4.90 Å². The minimum Gasteiger partial charge on any atom is -0.304 e. The predicted octanol–water partition coefficient (Wildman–Crippen LogP) is 0.577. The first-order chi connectivity index (χ1) is 9.05. The summed E-state index contributed by atoms with van der Waals surface area (Å²) in [4.78, 5) is 39.0. The van der Waals surface area contributed by atoms with Gasteiger partial charge >= 0.3 is 6.03 Å². The maximum absolute atomic E-state index is 12.2. The van der Waals surface area contributed by atoms with Crippen molar-refractivity contribution < 1.29 is 14.4 Å². The normalized spacial score (nSPS) is 21.2. The van der Waals surface area contributed by atoms with Gasteiger partial charge in [0.25, 0.3) is 0 Å². The Morgan fingerprint density at radius 3 is 2.37 bits per heavy atom. The van der Waals surface area contributed by atoms with Crippen LogP contribution in [0.2, 0.25) is 0 Å². The van der Waals surface area contributed by atoms with E-state index in [-0.39, 0.29) is 5.91 Å². The van der Waals surface area contributed by atoms with E-state index in [1.807, 2.05) is 0 Å². The molecule has 2 fully saturated rings. The fourth-order valence-electron chi connectivity index (χ4n) is 2.49. The summed E-state index contributed by atoms with van der Waals surface area (Å²) in [6, 6.07) is -0.563. The van der Waals surface area contributed by atoms with Crippen LogP contribution in [0.5, 0.6) is 0 Å². The third-order valence-electron chi connectivity index (χ3n) is 4.06. The first-order valence-corrected chi connectivity index (χ1v) is 6.95. The molecule has 6 heteroatoms. The van der Waals surface area contributed by atoms with Gasteiger partial charge in [0.1, 0.15) is 5.41 Å². The van der Waals surface area contributed by atoms with Crippen molar-refractivity contribution >= 4 is 17.8 Å². The molecule has 1 spiro atoms. The molecule has 0 unspecified atom stereocenters. The topological polar surface area (TPSA) is 69.7 Å². The average Bonchev–Trinajstić information content (AvgIpc) is 3.18. The van der Waals surface area contributed by atoms with Crippen LogP contribution < -0.4 is 5.32 Å². The van der Waals surface area contributed by atoms with Gasteiger partial charge in [-0.05, 0) is 38.9 Å². The Morgan fingerprint density at radius 2 is 1.84 bits per heavy atom. The van der Waals surface area contributed by atoms with Crippen molar-refractivity contribution in [3.8, 4) is 0 Å². The number of amides is 4. The molecule has 1 aliphatic carbocycles. The number of barbiturate groups is 1. The summed E-state index contributed by atoms with van der Waals surface area (Å²) in [6.07, 6.45) is 1.88. The molecule has 1 saturated carbocycles. The highest BCUT2D eigenvalue weighted by Gasteiger charge is 2.61. The second-order valence-corrected chi connectivity index (χ2v) is 5.18. The number of nitrogens with zero attached hydrogens (tertiary/aromatic N) is 2.